The van der Waals surface area contributed by atoms with Gasteiger partial charge in [0.15, 0.2) is 6.20 Å². The molecule has 0 radical (unpaired) electrons. The summed E-state index contributed by atoms with van der Waals surface area (Å²) in [6, 6.07) is 15.1. The molecule has 146 valence electrons. The van der Waals surface area contributed by atoms with Gasteiger partial charge in [-0.1, -0.05) is 22.9 Å². The molecule has 2 rings (SSSR count). The molecule has 0 amide bonds. The summed E-state index contributed by atoms with van der Waals surface area (Å²) in [6.07, 6.45) is 7.64. The smallest absolute Gasteiger partial charge is 0.205 e. The van der Waals surface area contributed by atoms with Crippen LogP contribution in [-0.2, 0) is 6.54 Å². The van der Waals surface area contributed by atoms with Gasteiger partial charge in [0.1, 0.15) is 6.54 Å². The number of aryl methyl sites for hydroxylation is 1. The molecule has 0 unspecified atom stereocenters. The summed E-state index contributed by atoms with van der Waals surface area (Å²) in [7, 11) is 5.96. The highest BCUT2D eigenvalue weighted by Crippen LogP contribution is 2.16. The van der Waals surface area contributed by atoms with Gasteiger partial charge in [0.05, 0.1) is 0 Å². The number of nitrogens with zero attached hydrogens (tertiary/aromatic N) is 3. The number of hydrogen-bond donors (Lipinski definition) is 1. The molecular weight excluding hydrogens is 370 g/mol. The molecule has 3 nitrogen and oxygen atoms in total. The Morgan fingerprint density at radius 3 is 2.48 bits per heavy atom. The van der Waals surface area contributed by atoms with Gasteiger partial charge in [0, 0.05) is 49.8 Å². The first-order valence-electron chi connectivity index (χ1n) is 9.56. The Kier molecular flexibility index (Phi) is 9.81. The first-order chi connectivity index (χ1) is 13.1. The van der Waals surface area contributed by atoms with Crippen LogP contribution in [0, 0.1) is 0 Å². The fourth-order valence-electron chi connectivity index (χ4n) is 2.97. The van der Waals surface area contributed by atoms with Gasteiger partial charge in [0.2, 0.25) is 5.69 Å². The number of thiol groups is 1. The van der Waals surface area contributed by atoms with Crippen LogP contribution in [-0.4, -0.2) is 44.4 Å². The second-order valence-electron chi connectivity index (χ2n) is 6.75. The van der Waals surface area contributed by atoms with E-state index in [0.29, 0.717) is 0 Å². The lowest BCUT2D eigenvalue weighted by Gasteiger charge is -2.22. The third kappa shape index (κ3) is 7.60. The zero-order valence-electron chi connectivity index (χ0n) is 16.7. The molecule has 27 heavy (non-hydrogen) atoms. The summed E-state index contributed by atoms with van der Waals surface area (Å²) >= 11 is 4.20. The van der Waals surface area contributed by atoms with Crippen molar-refractivity contribution in [3.63, 3.8) is 0 Å². The molecule has 1 aromatic carbocycles. The van der Waals surface area contributed by atoms with Gasteiger partial charge < -0.3 is 9.80 Å². The molecule has 5 heteroatoms. The molecule has 0 atom stereocenters. The van der Waals surface area contributed by atoms with Crippen LogP contribution in [0.25, 0.3) is 12.2 Å². The standard InChI is InChI=1S/C22H31N3S2/c1-4-25-17-6-5-8-22(25)14-11-20-9-12-21(13-10-20)24(3)16-7-15-23(2)18-19-27-26/h5-6,8-14,17H,4,7,15-16,18-19H2,1-3H3/p+1. The van der Waals surface area contributed by atoms with E-state index in [9.17, 15) is 0 Å². The Hall–Kier alpha value is -1.43. The van der Waals surface area contributed by atoms with Crippen molar-refractivity contribution in [2.45, 2.75) is 19.9 Å². The molecule has 0 spiro atoms. The van der Waals surface area contributed by atoms with E-state index in [4.69, 9.17) is 0 Å². The minimum absolute atomic E-state index is 0.979. The van der Waals surface area contributed by atoms with Crippen LogP contribution in [0.1, 0.15) is 24.6 Å². The molecule has 0 bridgehead atoms. The number of hydrogen-bond acceptors (Lipinski definition) is 4. The predicted molar refractivity (Wildman–Crippen MR) is 125 cm³/mol. The molecular formula is C22H32N3S2+. The maximum atomic E-state index is 4.20. The fourth-order valence-corrected chi connectivity index (χ4v) is 3.60. The van der Waals surface area contributed by atoms with E-state index < -0.39 is 0 Å². The summed E-state index contributed by atoms with van der Waals surface area (Å²) in [5.41, 5.74) is 3.72. The third-order valence-corrected chi connectivity index (χ3v) is 5.61. The normalized spacial score (nSPS) is 11.4. The van der Waals surface area contributed by atoms with Crippen molar-refractivity contribution in [3.05, 3.63) is 59.9 Å². The second-order valence-corrected chi connectivity index (χ2v) is 8.19. The molecule has 0 aliphatic rings. The zero-order chi connectivity index (χ0) is 19.5. The molecule has 2 aromatic rings. The van der Waals surface area contributed by atoms with Crippen molar-refractivity contribution < 1.29 is 4.57 Å². The quantitative estimate of drug-likeness (QED) is 0.337. The maximum absolute atomic E-state index is 4.20. The van der Waals surface area contributed by atoms with Crippen molar-refractivity contribution in [1.29, 1.82) is 0 Å². The molecule has 1 heterocycles. The second kappa shape index (κ2) is 12.1. The number of anilines is 1. The van der Waals surface area contributed by atoms with Crippen LogP contribution >= 0.6 is 22.5 Å². The van der Waals surface area contributed by atoms with Crippen LogP contribution in [0.2, 0.25) is 0 Å². The zero-order valence-corrected chi connectivity index (χ0v) is 18.4. The van der Waals surface area contributed by atoms with Crippen LogP contribution in [0.3, 0.4) is 0 Å². The minimum Gasteiger partial charge on any atom is -0.375 e. The molecule has 0 saturated heterocycles. The Morgan fingerprint density at radius 2 is 1.78 bits per heavy atom. The van der Waals surface area contributed by atoms with E-state index >= 15 is 0 Å². The molecule has 0 aliphatic carbocycles. The Balaban J connectivity index is 1.86. The topological polar surface area (TPSA) is 10.4 Å². The summed E-state index contributed by atoms with van der Waals surface area (Å²) in [5.74, 6) is 1.08. The first kappa shape index (κ1) is 21.9. The van der Waals surface area contributed by atoms with E-state index in [1.807, 2.05) is 0 Å². The van der Waals surface area contributed by atoms with Crippen LogP contribution < -0.4 is 9.47 Å². The van der Waals surface area contributed by atoms with Gasteiger partial charge in [-0.25, -0.2) is 0 Å². The highest BCUT2D eigenvalue weighted by Gasteiger charge is 2.04. The molecule has 0 N–H and O–H groups in total. The average Bonchev–Trinajstić information content (AvgIpc) is 2.71. The number of pyridine rings is 1. The highest BCUT2D eigenvalue weighted by atomic mass is 33.1. The number of aromatic nitrogens is 1. The minimum atomic E-state index is 0.979. The van der Waals surface area contributed by atoms with E-state index in [1.165, 1.54) is 16.9 Å². The van der Waals surface area contributed by atoms with Crippen LogP contribution in [0.4, 0.5) is 5.69 Å². The van der Waals surface area contributed by atoms with Crippen LogP contribution in [0.15, 0.2) is 48.7 Å². The lowest BCUT2D eigenvalue weighted by atomic mass is 10.1. The fraction of sp³-hybridized carbons (Fsp3) is 0.409. The lowest BCUT2D eigenvalue weighted by molar-refractivity contribution is -0.695. The molecule has 0 saturated carbocycles. The van der Waals surface area contributed by atoms with Crippen LogP contribution in [0.5, 0.6) is 0 Å². The summed E-state index contributed by atoms with van der Waals surface area (Å²) in [4.78, 5) is 4.70. The van der Waals surface area contributed by atoms with Crippen molar-refractivity contribution in [2.24, 2.45) is 0 Å². The van der Waals surface area contributed by atoms with E-state index in [-0.39, 0.29) is 0 Å². The van der Waals surface area contributed by atoms with E-state index in [0.717, 1.165) is 38.4 Å². The predicted octanol–water partition coefficient (Wildman–Crippen LogP) is 4.50. The maximum Gasteiger partial charge on any atom is 0.205 e. The van der Waals surface area contributed by atoms with Crippen molar-refractivity contribution >= 4 is 40.3 Å². The van der Waals surface area contributed by atoms with Gasteiger partial charge in [-0.15, -0.1) is 11.7 Å². The Morgan fingerprint density at radius 1 is 1.00 bits per heavy atom. The van der Waals surface area contributed by atoms with Gasteiger partial charge in [-0.2, -0.15) is 4.57 Å². The Bertz CT molecular complexity index is 701. The lowest BCUT2D eigenvalue weighted by Crippen LogP contribution is -2.34. The monoisotopic (exact) mass is 402 g/mol. The van der Waals surface area contributed by atoms with E-state index in [1.54, 1.807) is 10.8 Å². The van der Waals surface area contributed by atoms with Gasteiger partial charge >= 0.3 is 0 Å². The Labute approximate surface area is 173 Å². The molecule has 0 aliphatic heterocycles. The molecule has 0 fully saturated rings. The first-order valence-corrected chi connectivity index (χ1v) is 11.6. The third-order valence-electron chi connectivity index (χ3n) is 4.69. The van der Waals surface area contributed by atoms with Crippen molar-refractivity contribution in [1.82, 2.24) is 4.90 Å². The SMILES string of the molecule is CC[n+]1ccccc1/C=C/c1ccc(N(C)CCCN(C)CCSS)cc1. The number of benzene rings is 1. The van der Waals surface area contributed by atoms with Crippen molar-refractivity contribution in [3.8, 4) is 0 Å². The van der Waals surface area contributed by atoms with E-state index in [2.05, 4.69) is 108 Å². The number of rotatable bonds is 11. The molecule has 1 aromatic heterocycles. The largest absolute Gasteiger partial charge is 0.375 e. The highest BCUT2D eigenvalue weighted by molar-refractivity contribution is 8.68. The van der Waals surface area contributed by atoms with Gasteiger partial charge in [-0.05, 0) is 56.8 Å². The van der Waals surface area contributed by atoms with Gasteiger partial charge in [0.25, 0.3) is 0 Å². The van der Waals surface area contributed by atoms with Gasteiger partial charge in [-0.3, -0.25) is 0 Å². The average molecular weight is 403 g/mol. The summed E-state index contributed by atoms with van der Waals surface area (Å²) in [6.45, 7) is 6.42. The van der Waals surface area contributed by atoms with Crippen molar-refractivity contribution in [2.75, 3.05) is 44.4 Å². The summed E-state index contributed by atoms with van der Waals surface area (Å²) < 4.78 is 2.24. The summed E-state index contributed by atoms with van der Waals surface area (Å²) in [5, 5.41) is 0.